The molecule has 11 nitrogen and oxygen atoms in total. The van der Waals surface area contributed by atoms with E-state index in [-0.39, 0.29) is 31.6 Å². The highest BCUT2D eigenvalue weighted by Crippen LogP contribution is 2.31. The van der Waals surface area contributed by atoms with Crippen molar-refractivity contribution in [2.24, 2.45) is 5.41 Å². The molecule has 1 aliphatic rings. The number of nitrogens with zero attached hydrogens (tertiary/aromatic N) is 2. The Balaban J connectivity index is 1.56. The lowest BCUT2D eigenvalue weighted by Gasteiger charge is -2.32. The van der Waals surface area contributed by atoms with Gasteiger partial charge < -0.3 is 24.2 Å². The number of hydrogen-bond donors (Lipinski definition) is 1. The number of hydroxylamine groups is 2. The van der Waals surface area contributed by atoms with Crippen molar-refractivity contribution in [1.29, 1.82) is 0 Å². The minimum Gasteiger partial charge on any atom is -0.422 e. The summed E-state index contributed by atoms with van der Waals surface area (Å²) in [5, 5.41) is 4.02. The highest BCUT2D eigenvalue weighted by molar-refractivity contribution is 6.01. The van der Waals surface area contributed by atoms with Crippen LogP contribution in [0.4, 0.5) is 5.69 Å². The number of anilines is 1. The lowest BCUT2D eigenvalue weighted by atomic mass is 9.84. The summed E-state index contributed by atoms with van der Waals surface area (Å²) in [6.07, 6.45) is 1.91. The van der Waals surface area contributed by atoms with Crippen LogP contribution in [0.15, 0.2) is 33.5 Å². The molecule has 3 rings (SSSR count). The van der Waals surface area contributed by atoms with E-state index in [4.69, 9.17) is 14.0 Å². The highest BCUT2D eigenvalue weighted by Gasteiger charge is 2.40. The summed E-state index contributed by atoms with van der Waals surface area (Å²) in [7, 11) is 0. The van der Waals surface area contributed by atoms with Crippen LogP contribution in [0.25, 0.3) is 11.0 Å². The molecular weight excluding hydrogens is 542 g/mol. The molecular formula is C31H43N3O8. The summed E-state index contributed by atoms with van der Waals surface area (Å²) in [6.45, 7) is 13.6. The molecule has 2 heterocycles. The zero-order valence-corrected chi connectivity index (χ0v) is 25.5. The van der Waals surface area contributed by atoms with Gasteiger partial charge >= 0.3 is 11.6 Å². The molecule has 1 aromatic heterocycles. The smallest absolute Gasteiger partial charge is 0.349 e. The van der Waals surface area contributed by atoms with Crippen LogP contribution in [0.5, 0.6) is 0 Å². The van der Waals surface area contributed by atoms with Gasteiger partial charge in [-0.3, -0.25) is 14.4 Å². The van der Waals surface area contributed by atoms with Crippen molar-refractivity contribution in [3.05, 3.63) is 40.2 Å². The number of benzene rings is 1. The Bertz CT molecular complexity index is 1350. The maximum atomic E-state index is 12.9. The maximum absolute atomic E-state index is 12.9. The van der Waals surface area contributed by atoms with E-state index < -0.39 is 40.3 Å². The van der Waals surface area contributed by atoms with E-state index in [0.29, 0.717) is 41.7 Å². The second-order valence-corrected chi connectivity index (χ2v) is 11.1. The van der Waals surface area contributed by atoms with Crippen molar-refractivity contribution in [3.63, 3.8) is 0 Å². The first-order valence-corrected chi connectivity index (χ1v) is 14.7. The molecule has 2 aromatic rings. The quantitative estimate of drug-likeness (QED) is 0.239. The van der Waals surface area contributed by atoms with Crippen LogP contribution in [0.2, 0.25) is 0 Å². The molecule has 230 valence electrons. The monoisotopic (exact) mass is 585 g/mol. The van der Waals surface area contributed by atoms with Crippen LogP contribution in [0.1, 0.15) is 90.4 Å². The van der Waals surface area contributed by atoms with Crippen LogP contribution in [-0.4, -0.2) is 60.6 Å². The van der Waals surface area contributed by atoms with E-state index in [0.717, 1.165) is 18.8 Å². The molecule has 1 aliphatic heterocycles. The van der Waals surface area contributed by atoms with Gasteiger partial charge in [0.15, 0.2) is 0 Å². The first kappa shape index (κ1) is 32.8. The van der Waals surface area contributed by atoms with Gasteiger partial charge in [0.05, 0.1) is 11.0 Å². The molecule has 0 saturated carbocycles. The van der Waals surface area contributed by atoms with E-state index in [2.05, 4.69) is 24.1 Å². The first-order valence-electron chi connectivity index (χ1n) is 14.7. The summed E-state index contributed by atoms with van der Waals surface area (Å²) in [5.41, 5.74) is -0.961. The van der Waals surface area contributed by atoms with Crippen molar-refractivity contribution < 1.29 is 33.2 Å². The average molecular weight is 586 g/mol. The topological polar surface area (TPSA) is 135 Å². The summed E-state index contributed by atoms with van der Waals surface area (Å²) >= 11 is 0. The van der Waals surface area contributed by atoms with Gasteiger partial charge in [-0.25, -0.2) is 9.59 Å². The third-order valence-corrected chi connectivity index (χ3v) is 8.34. The van der Waals surface area contributed by atoms with Gasteiger partial charge in [-0.2, -0.15) is 0 Å². The standard InChI is InChI=1S/C31H43N3O8/c1-7-30(5,29(39)42-34-25(35)13-14-26(34)36)16-18-40-31(6,8-2)15-17-32-27(37)23-19-21-11-12-22(33(9-3)10-4)20-24(21)41-28(23)38/h11-12,19-20H,7-10,13-18H2,1-6H3,(H,32,37). The number of carbonyl (C=O) groups excluding carboxylic acids is 4. The highest BCUT2D eigenvalue weighted by atomic mass is 16.7. The van der Waals surface area contributed by atoms with Crippen molar-refractivity contribution in [1.82, 2.24) is 10.4 Å². The molecule has 1 saturated heterocycles. The Kier molecular flexibility index (Phi) is 10.9. The van der Waals surface area contributed by atoms with Gasteiger partial charge in [-0.15, -0.1) is 5.06 Å². The molecule has 1 aromatic carbocycles. The van der Waals surface area contributed by atoms with Crippen molar-refractivity contribution in [2.45, 2.75) is 85.7 Å². The zero-order valence-electron chi connectivity index (χ0n) is 25.5. The fourth-order valence-corrected chi connectivity index (χ4v) is 4.73. The van der Waals surface area contributed by atoms with Gasteiger partial charge in [-0.1, -0.05) is 13.8 Å². The number of carbonyl (C=O) groups is 4. The van der Waals surface area contributed by atoms with Gasteiger partial charge in [0.2, 0.25) is 0 Å². The second kappa shape index (κ2) is 14.0. The number of nitrogens with one attached hydrogen (secondary N) is 1. The predicted octanol–water partition coefficient (Wildman–Crippen LogP) is 4.36. The summed E-state index contributed by atoms with van der Waals surface area (Å²) in [4.78, 5) is 69.3. The molecule has 42 heavy (non-hydrogen) atoms. The van der Waals surface area contributed by atoms with Gasteiger partial charge in [-0.05, 0) is 71.6 Å². The number of amides is 3. The molecule has 2 unspecified atom stereocenters. The van der Waals surface area contributed by atoms with Crippen molar-refractivity contribution >= 4 is 40.3 Å². The number of hydrogen-bond acceptors (Lipinski definition) is 9. The largest absolute Gasteiger partial charge is 0.422 e. The zero-order chi connectivity index (χ0) is 31.1. The Hall–Kier alpha value is -3.73. The molecule has 0 aliphatic carbocycles. The van der Waals surface area contributed by atoms with E-state index >= 15 is 0 Å². The van der Waals surface area contributed by atoms with Gasteiger partial charge in [0, 0.05) is 56.2 Å². The van der Waals surface area contributed by atoms with Gasteiger partial charge in [0.1, 0.15) is 11.1 Å². The number of fused-ring (bicyclic) bond motifs is 1. The molecule has 1 fully saturated rings. The fraction of sp³-hybridized carbons (Fsp3) is 0.581. The molecule has 11 heteroatoms. The fourth-order valence-electron chi connectivity index (χ4n) is 4.73. The maximum Gasteiger partial charge on any atom is 0.349 e. The summed E-state index contributed by atoms with van der Waals surface area (Å²) in [6, 6.07) is 7.14. The first-order chi connectivity index (χ1) is 19.9. The molecule has 0 radical (unpaired) electrons. The van der Waals surface area contributed by atoms with Gasteiger partial charge in [0.25, 0.3) is 17.7 Å². The minimum atomic E-state index is -0.956. The van der Waals surface area contributed by atoms with Crippen molar-refractivity contribution in [3.8, 4) is 0 Å². The van der Waals surface area contributed by atoms with E-state index in [1.165, 1.54) is 0 Å². The summed E-state index contributed by atoms with van der Waals surface area (Å²) < 4.78 is 11.7. The summed E-state index contributed by atoms with van der Waals surface area (Å²) in [5.74, 6) is -2.21. The van der Waals surface area contributed by atoms with E-state index in [9.17, 15) is 24.0 Å². The number of ether oxygens (including phenoxy) is 1. The second-order valence-electron chi connectivity index (χ2n) is 11.1. The average Bonchev–Trinajstić information content (AvgIpc) is 3.29. The third-order valence-electron chi connectivity index (χ3n) is 8.34. The van der Waals surface area contributed by atoms with Crippen LogP contribution in [-0.2, 0) is 24.0 Å². The molecule has 1 N–H and O–H groups in total. The SMILES string of the molecule is CCN(CC)c1ccc2cc(C(=O)NCCC(C)(CC)OCCC(C)(CC)C(=O)ON3C(=O)CCC3=O)c(=O)oc2c1. The number of imide groups is 1. The Labute approximate surface area is 246 Å². The lowest BCUT2D eigenvalue weighted by Crippen LogP contribution is -2.40. The minimum absolute atomic E-state index is 0.0347. The lowest BCUT2D eigenvalue weighted by molar-refractivity contribution is -0.206. The van der Waals surface area contributed by atoms with Crippen LogP contribution < -0.4 is 15.8 Å². The van der Waals surface area contributed by atoms with E-state index in [1.54, 1.807) is 13.0 Å². The molecule has 0 bridgehead atoms. The molecule has 0 spiro atoms. The predicted molar refractivity (Wildman–Crippen MR) is 158 cm³/mol. The normalized spacial score (nSPS) is 16.3. The number of rotatable bonds is 15. The third kappa shape index (κ3) is 7.56. The Morgan fingerprint density at radius 2 is 1.64 bits per heavy atom. The Morgan fingerprint density at radius 3 is 2.24 bits per heavy atom. The van der Waals surface area contributed by atoms with Crippen molar-refractivity contribution in [2.75, 3.05) is 31.1 Å². The van der Waals surface area contributed by atoms with Crippen LogP contribution in [0, 0.1) is 5.41 Å². The van der Waals surface area contributed by atoms with Crippen LogP contribution in [0.3, 0.4) is 0 Å². The molecule has 2 atom stereocenters. The van der Waals surface area contributed by atoms with E-state index in [1.807, 2.05) is 39.0 Å². The Morgan fingerprint density at radius 1 is 0.976 bits per heavy atom. The van der Waals surface area contributed by atoms with Crippen LogP contribution >= 0.6 is 0 Å². The molecule has 3 amide bonds.